The fraction of sp³-hybridized carbons (Fsp3) is 0.391. The topological polar surface area (TPSA) is 84.4 Å². The van der Waals surface area contributed by atoms with Crippen LogP contribution in [-0.2, 0) is 9.59 Å². The number of hydrogen-bond donors (Lipinski definition) is 2. The molecule has 1 aromatic heterocycles. The molecular formula is C23H28ClN2O5+. The number of nitrogens with zero attached hydrogens (tertiary/aromatic N) is 1. The second-order valence-corrected chi connectivity index (χ2v) is 7.83. The molecule has 3 rings (SSSR count). The van der Waals surface area contributed by atoms with Gasteiger partial charge in [-0.05, 0) is 44.2 Å². The molecule has 0 bridgehead atoms. The lowest BCUT2D eigenvalue weighted by Gasteiger charge is -2.24. The highest BCUT2D eigenvalue weighted by Gasteiger charge is 2.47. The van der Waals surface area contributed by atoms with Gasteiger partial charge in [-0.25, -0.2) is 0 Å². The number of quaternary nitrogens is 1. The van der Waals surface area contributed by atoms with Crippen molar-refractivity contribution in [2.45, 2.75) is 26.3 Å². The SMILES string of the molecule is CC[NH+](CC)CCCN1C(=O)C(=O)/C(=C(\O)c2ccc(OC)c(Cl)c2)[C@H]1c1ccco1. The highest BCUT2D eigenvalue weighted by molar-refractivity contribution is 6.46. The van der Waals surface area contributed by atoms with Crippen molar-refractivity contribution in [2.24, 2.45) is 0 Å². The maximum absolute atomic E-state index is 12.9. The number of nitrogens with one attached hydrogen (secondary N) is 1. The molecule has 1 fully saturated rings. The third kappa shape index (κ3) is 4.62. The van der Waals surface area contributed by atoms with Crippen molar-refractivity contribution < 1.29 is 28.7 Å². The Morgan fingerprint density at radius 3 is 2.58 bits per heavy atom. The first-order valence-corrected chi connectivity index (χ1v) is 10.8. The highest BCUT2D eigenvalue weighted by Crippen LogP contribution is 2.40. The zero-order valence-corrected chi connectivity index (χ0v) is 18.7. The Morgan fingerprint density at radius 1 is 1.26 bits per heavy atom. The summed E-state index contributed by atoms with van der Waals surface area (Å²) in [7, 11) is 1.49. The van der Waals surface area contributed by atoms with Crippen LogP contribution in [0.15, 0.2) is 46.6 Å². The van der Waals surface area contributed by atoms with E-state index in [9.17, 15) is 14.7 Å². The van der Waals surface area contributed by atoms with Crippen LogP contribution in [0.1, 0.15) is 37.6 Å². The van der Waals surface area contributed by atoms with E-state index in [4.69, 9.17) is 20.8 Å². The number of Topliss-reactive ketones (excluding diaryl/α,β-unsaturated/α-hetero) is 1. The molecule has 0 unspecified atom stereocenters. The molecule has 166 valence electrons. The van der Waals surface area contributed by atoms with Crippen LogP contribution in [0.25, 0.3) is 5.76 Å². The maximum atomic E-state index is 12.9. The second-order valence-electron chi connectivity index (χ2n) is 7.42. The molecule has 8 heteroatoms. The van der Waals surface area contributed by atoms with E-state index in [0.717, 1.165) is 26.1 Å². The van der Waals surface area contributed by atoms with Crippen LogP contribution in [0.5, 0.6) is 5.75 Å². The Bertz CT molecular complexity index is 966. The summed E-state index contributed by atoms with van der Waals surface area (Å²) in [5.74, 6) is -0.796. The van der Waals surface area contributed by atoms with Crippen LogP contribution in [0.4, 0.5) is 0 Å². The number of aliphatic hydroxyl groups excluding tert-OH is 1. The minimum absolute atomic E-state index is 0.00336. The van der Waals surface area contributed by atoms with Gasteiger partial charge in [0.15, 0.2) is 0 Å². The standard InChI is InChI=1S/C23H27ClN2O5/c1-4-25(5-2)11-7-12-26-20(18-8-6-13-31-18)19(22(28)23(26)29)21(27)15-9-10-17(30-3)16(24)14-15/h6,8-10,13-14,20,27H,4-5,7,11-12H2,1-3H3/p+1/b21-19-/t20-/m1/s1. The number of hydrogen-bond acceptors (Lipinski definition) is 5. The molecule has 0 radical (unpaired) electrons. The van der Waals surface area contributed by atoms with E-state index in [1.807, 2.05) is 0 Å². The number of ketones is 1. The van der Waals surface area contributed by atoms with Crippen LogP contribution in [0.2, 0.25) is 5.02 Å². The number of rotatable bonds is 9. The number of amides is 1. The molecular weight excluding hydrogens is 420 g/mol. The summed E-state index contributed by atoms with van der Waals surface area (Å²) in [5, 5.41) is 11.3. The normalized spacial score (nSPS) is 18.2. The lowest BCUT2D eigenvalue weighted by atomic mass is 9.99. The number of carbonyl (C=O) groups is 2. The Kier molecular flexibility index (Phi) is 7.41. The first-order chi connectivity index (χ1) is 14.9. The zero-order chi connectivity index (χ0) is 22.5. The molecule has 31 heavy (non-hydrogen) atoms. The van der Waals surface area contributed by atoms with Crippen molar-refractivity contribution >= 4 is 29.1 Å². The molecule has 2 aromatic rings. The molecule has 1 aliphatic heterocycles. The van der Waals surface area contributed by atoms with Crippen molar-refractivity contribution in [2.75, 3.05) is 33.3 Å². The van der Waals surface area contributed by atoms with Crippen LogP contribution in [0.3, 0.4) is 0 Å². The van der Waals surface area contributed by atoms with E-state index in [-0.39, 0.29) is 16.4 Å². The highest BCUT2D eigenvalue weighted by atomic mass is 35.5. The van der Waals surface area contributed by atoms with Gasteiger partial charge in [-0.1, -0.05) is 11.6 Å². The van der Waals surface area contributed by atoms with Gasteiger partial charge in [0.25, 0.3) is 11.7 Å². The largest absolute Gasteiger partial charge is 0.507 e. The molecule has 1 atom stereocenters. The quantitative estimate of drug-likeness (QED) is 0.351. The van der Waals surface area contributed by atoms with Crippen molar-refractivity contribution in [3.05, 3.63) is 58.5 Å². The third-order valence-electron chi connectivity index (χ3n) is 5.71. The first-order valence-electron chi connectivity index (χ1n) is 10.4. The summed E-state index contributed by atoms with van der Waals surface area (Å²) in [5.41, 5.74) is 0.323. The number of furan rings is 1. The summed E-state index contributed by atoms with van der Waals surface area (Å²) in [6, 6.07) is 7.31. The van der Waals surface area contributed by atoms with Gasteiger partial charge >= 0.3 is 0 Å². The van der Waals surface area contributed by atoms with Crippen molar-refractivity contribution in [3.63, 3.8) is 0 Å². The maximum Gasteiger partial charge on any atom is 0.295 e. The third-order valence-corrected chi connectivity index (χ3v) is 6.00. The Balaban J connectivity index is 1.98. The summed E-state index contributed by atoms with van der Waals surface area (Å²) < 4.78 is 10.7. The van der Waals surface area contributed by atoms with Crippen molar-refractivity contribution in [1.29, 1.82) is 0 Å². The van der Waals surface area contributed by atoms with Gasteiger partial charge in [0.1, 0.15) is 23.3 Å². The minimum Gasteiger partial charge on any atom is -0.507 e. The zero-order valence-electron chi connectivity index (χ0n) is 18.0. The molecule has 0 spiro atoms. The average Bonchev–Trinajstić information content (AvgIpc) is 3.38. The van der Waals surface area contributed by atoms with Crippen LogP contribution < -0.4 is 9.64 Å². The summed E-state index contributed by atoms with van der Waals surface area (Å²) in [4.78, 5) is 28.7. The Morgan fingerprint density at radius 2 is 2.00 bits per heavy atom. The fourth-order valence-electron chi connectivity index (χ4n) is 3.93. The van der Waals surface area contributed by atoms with Gasteiger partial charge in [-0.15, -0.1) is 0 Å². The number of halogens is 1. The summed E-state index contributed by atoms with van der Waals surface area (Å²) >= 11 is 6.19. The van der Waals surface area contributed by atoms with Gasteiger partial charge in [0.05, 0.1) is 43.6 Å². The van der Waals surface area contributed by atoms with E-state index < -0.39 is 17.7 Å². The Labute approximate surface area is 186 Å². The van der Waals surface area contributed by atoms with E-state index in [1.54, 1.807) is 24.3 Å². The van der Waals surface area contributed by atoms with Crippen LogP contribution in [-0.4, -0.2) is 55.0 Å². The lowest BCUT2D eigenvalue weighted by Crippen LogP contribution is -3.11. The van der Waals surface area contributed by atoms with Gasteiger partial charge in [-0.3, -0.25) is 9.59 Å². The molecule has 2 N–H and O–H groups in total. The minimum atomic E-state index is -0.789. The van der Waals surface area contributed by atoms with Gasteiger partial charge in [0, 0.05) is 18.5 Å². The van der Waals surface area contributed by atoms with Crippen molar-refractivity contribution in [1.82, 2.24) is 4.90 Å². The first kappa shape index (κ1) is 22.9. The molecule has 1 aromatic carbocycles. The van der Waals surface area contributed by atoms with Gasteiger partial charge in [0.2, 0.25) is 0 Å². The lowest BCUT2D eigenvalue weighted by molar-refractivity contribution is -0.896. The van der Waals surface area contributed by atoms with E-state index in [0.29, 0.717) is 23.6 Å². The number of likely N-dealkylation sites (tertiary alicyclic amines) is 1. The summed E-state index contributed by atoms with van der Waals surface area (Å²) in [6.07, 6.45) is 2.22. The molecule has 1 amide bonds. The van der Waals surface area contributed by atoms with E-state index >= 15 is 0 Å². The molecule has 0 saturated carbocycles. The number of ether oxygens (including phenoxy) is 1. The smallest absolute Gasteiger partial charge is 0.295 e. The number of benzene rings is 1. The van der Waals surface area contributed by atoms with Gasteiger partial charge < -0.3 is 24.1 Å². The second kappa shape index (κ2) is 10.0. The monoisotopic (exact) mass is 447 g/mol. The average molecular weight is 448 g/mol. The predicted octanol–water partition coefficient (Wildman–Crippen LogP) is 2.68. The molecule has 1 aliphatic rings. The van der Waals surface area contributed by atoms with Crippen LogP contribution in [0, 0.1) is 0 Å². The fourth-order valence-corrected chi connectivity index (χ4v) is 4.18. The number of carbonyl (C=O) groups excluding carboxylic acids is 2. The number of methoxy groups -OCH3 is 1. The van der Waals surface area contributed by atoms with Crippen molar-refractivity contribution in [3.8, 4) is 5.75 Å². The summed E-state index contributed by atoms with van der Waals surface area (Å²) in [6.45, 7) is 7.50. The van der Waals surface area contributed by atoms with E-state index in [1.165, 1.54) is 29.2 Å². The molecule has 7 nitrogen and oxygen atoms in total. The van der Waals surface area contributed by atoms with Crippen LogP contribution >= 0.6 is 11.6 Å². The van der Waals surface area contributed by atoms with Gasteiger partial charge in [-0.2, -0.15) is 0 Å². The number of aliphatic hydroxyl groups is 1. The van der Waals surface area contributed by atoms with E-state index in [2.05, 4.69) is 13.8 Å². The molecule has 0 aliphatic carbocycles. The molecule has 2 heterocycles. The molecule has 1 saturated heterocycles. The Hall–Kier alpha value is -2.77. The predicted molar refractivity (Wildman–Crippen MR) is 117 cm³/mol.